The molecule has 0 aromatic heterocycles. The summed E-state index contributed by atoms with van der Waals surface area (Å²) in [5.74, 6) is -0.723. The van der Waals surface area contributed by atoms with Crippen LogP contribution in [0.2, 0.25) is 0 Å². The fourth-order valence-electron chi connectivity index (χ4n) is 1.33. The Kier molecular flexibility index (Phi) is 5.08. The van der Waals surface area contributed by atoms with E-state index in [0.717, 1.165) is 18.4 Å². The van der Waals surface area contributed by atoms with Crippen molar-refractivity contribution in [2.24, 2.45) is 0 Å². The third kappa shape index (κ3) is 4.71. The van der Waals surface area contributed by atoms with Crippen LogP contribution in [0.4, 0.5) is 10.1 Å². The van der Waals surface area contributed by atoms with Gasteiger partial charge in [0, 0.05) is 24.3 Å². The van der Waals surface area contributed by atoms with E-state index in [1.54, 1.807) is 0 Å². The van der Waals surface area contributed by atoms with Crippen LogP contribution in [0.25, 0.3) is 0 Å². The summed E-state index contributed by atoms with van der Waals surface area (Å²) in [6, 6.07) is 2.00. The van der Waals surface area contributed by atoms with Gasteiger partial charge in [0.2, 0.25) is 20.0 Å². The van der Waals surface area contributed by atoms with Crippen molar-refractivity contribution < 1.29 is 21.2 Å². The number of sulfonamides is 2. The summed E-state index contributed by atoms with van der Waals surface area (Å²) in [6.45, 7) is 1.16. The molecule has 0 atom stereocenters. The van der Waals surface area contributed by atoms with Crippen LogP contribution in [-0.4, -0.2) is 36.2 Å². The second-order valence-electron chi connectivity index (χ2n) is 4.18. The summed E-state index contributed by atoms with van der Waals surface area (Å²) in [6.07, 6.45) is 0.956. The van der Waals surface area contributed by atoms with Crippen LogP contribution in [0.5, 0.6) is 0 Å². The highest BCUT2D eigenvalue weighted by Crippen LogP contribution is 2.20. The van der Waals surface area contributed by atoms with Gasteiger partial charge in [0.1, 0.15) is 5.82 Å². The third-order valence-electron chi connectivity index (χ3n) is 2.45. The van der Waals surface area contributed by atoms with Crippen molar-refractivity contribution in [1.82, 2.24) is 9.44 Å². The topological polar surface area (TPSA) is 118 Å². The third-order valence-corrected chi connectivity index (χ3v) is 4.62. The zero-order valence-electron chi connectivity index (χ0n) is 11.0. The molecule has 1 rings (SSSR count). The molecule has 0 aliphatic rings. The molecular formula is C10H16FN3O4S2. The number of nitrogens with two attached hydrogens (primary N) is 1. The Labute approximate surface area is 117 Å². The van der Waals surface area contributed by atoms with Gasteiger partial charge >= 0.3 is 0 Å². The van der Waals surface area contributed by atoms with Crippen molar-refractivity contribution in [2.45, 2.75) is 11.8 Å². The summed E-state index contributed by atoms with van der Waals surface area (Å²) in [5, 5.41) is 0. The lowest BCUT2D eigenvalue weighted by Gasteiger charge is -2.09. The average molecular weight is 325 g/mol. The molecule has 0 aliphatic carbocycles. The molecule has 0 saturated carbocycles. The second-order valence-corrected chi connectivity index (χ2v) is 7.78. The maximum Gasteiger partial charge on any atom is 0.240 e. The lowest BCUT2D eigenvalue weighted by Crippen LogP contribution is -2.34. The van der Waals surface area contributed by atoms with Crippen molar-refractivity contribution in [3.8, 4) is 0 Å². The molecule has 4 N–H and O–H groups in total. The lowest BCUT2D eigenvalue weighted by atomic mass is 10.2. The van der Waals surface area contributed by atoms with Gasteiger partial charge in [0.25, 0.3) is 0 Å². The molecule has 114 valence electrons. The zero-order chi connectivity index (χ0) is 15.6. The fraction of sp³-hybridized carbons (Fsp3) is 0.400. The highest BCUT2D eigenvalue weighted by molar-refractivity contribution is 7.89. The normalized spacial score (nSPS) is 12.6. The smallest absolute Gasteiger partial charge is 0.240 e. The van der Waals surface area contributed by atoms with Crippen molar-refractivity contribution in [3.63, 3.8) is 0 Å². The van der Waals surface area contributed by atoms with Gasteiger partial charge < -0.3 is 5.73 Å². The Morgan fingerprint density at radius 1 is 1.15 bits per heavy atom. The fourth-order valence-corrected chi connectivity index (χ4v) is 2.89. The van der Waals surface area contributed by atoms with E-state index in [1.165, 1.54) is 6.92 Å². The first-order chi connectivity index (χ1) is 9.03. The molecule has 0 saturated heterocycles. The number of nitrogens with one attached hydrogen (secondary N) is 2. The molecule has 1 aromatic carbocycles. The standard InChI is InChI=1S/C10H16FN3O4S2/c1-7-9(11)5-8(6-10(7)12)20(17,18)14-4-3-13-19(2,15)16/h5-6,13-14H,3-4,12H2,1-2H3. The highest BCUT2D eigenvalue weighted by atomic mass is 32.2. The molecule has 10 heteroatoms. The molecule has 1 aromatic rings. The number of rotatable bonds is 6. The van der Waals surface area contributed by atoms with Gasteiger partial charge in [0.15, 0.2) is 0 Å². The highest BCUT2D eigenvalue weighted by Gasteiger charge is 2.17. The average Bonchev–Trinajstić information content (AvgIpc) is 2.30. The maximum atomic E-state index is 13.5. The minimum Gasteiger partial charge on any atom is -0.398 e. The minimum absolute atomic E-state index is 0.0274. The Morgan fingerprint density at radius 2 is 1.70 bits per heavy atom. The van der Waals surface area contributed by atoms with Crippen LogP contribution in [0.1, 0.15) is 5.56 Å². The first kappa shape index (κ1) is 16.8. The van der Waals surface area contributed by atoms with Gasteiger partial charge in [-0.2, -0.15) is 0 Å². The van der Waals surface area contributed by atoms with E-state index in [-0.39, 0.29) is 29.2 Å². The monoisotopic (exact) mass is 325 g/mol. The summed E-state index contributed by atoms with van der Waals surface area (Å²) in [7, 11) is -7.33. The molecule has 20 heavy (non-hydrogen) atoms. The van der Waals surface area contributed by atoms with E-state index in [1.807, 2.05) is 0 Å². The van der Waals surface area contributed by atoms with Crippen LogP contribution >= 0.6 is 0 Å². The van der Waals surface area contributed by atoms with E-state index in [2.05, 4.69) is 9.44 Å². The van der Waals surface area contributed by atoms with Crippen molar-refractivity contribution in [1.29, 1.82) is 0 Å². The number of hydrogen-bond acceptors (Lipinski definition) is 5. The summed E-state index contributed by atoms with van der Waals surface area (Å²) < 4.78 is 63.0. The van der Waals surface area contributed by atoms with Gasteiger partial charge in [-0.1, -0.05) is 0 Å². The number of halogens is 1. The van der Waals surface area contributed by atoms with Crippen molar-refractivity contribution >= 4 is 25.7 Å². The number of nitrogen functional groups attached to an aromatic ring is 1. The van der Waals surface area contributed by atoms with Crippen LogP contribution in [0.3, 0.4) is 0 Å². The molecular weight excluding hydrogens is 309 g/mol. The minimum atomic E-state index is -3.94. The van der Waals surface area contributed by atoms with Crippen molar-refractivity contribution in [3.05, 3.63) is 23.5 Å². The van der Waals surface area contributed by atoms with Crippen LogP contribution in [0.15, 0.2) is 17.0 Å². The lowest BCUT2D eigenvalue weighted by molar-refractivity contribution is 0.571. The Bertz CT molecular complexity index is 678. The van der Waals surface area contributed by atoms with Crippen molar-refractivity contribution in [2.75, 3.05) is 25.1 Å². The molecule has 0 radical (unpaired) electrons. The molecule has 0 aliphatic heterocycles. The maximum absolute atomic E-state index is 13.5. The number of anilines is 1. The van der Waals surface area contributed by atoms with E-state index in [9.17, 15) is 21.2 Å². The largest absolute Gasteiger partial charge is 0.398 e. The Morgan fingerprint density at radius 3 is 2.20 bits per heavy atom. The second kappa shape index (κ2) is 6.04. The summed E-state index contributed by atoms with van der Waals surface area (Å²) in [4.78, 5) is -0.308. The van der Waals surface area contributed by atoms with E-state index < -0.39 is 25.9 Å². The molecule has 0 fully saturated rings. The molecule has 0 spiro atoms. The molecule has 0 bridgehead atoms. The predicted molar refractivity (Wildman–Crippen MR) is 73.6 cm³/mol. The first-order valence-electron chi connectivity index (χ1n) is 5.53. The van der Waals surface area contributed by atoms with Crippen LogP contribution in [0, 0.1) is 12.7 Å². The Hall–Kier alpha value is -1.23. The number of hydrogen-bond donors (Lipinski definition) is 3. The van der Waals surface area contributed by atoms with Crippen LogP contribution in [-0.2, 0) is 20.0 Å². The van der Waals surface area contributed by atoms with E-state index >= 15 is 0 Å². The molecule has 7 nitrogen and oxygen atoms in total. The molecule has 0 heterocycles. The van der Waals surface area contributed by atoms with Gasteiger partial charge in [-0.05, 0) is 19.1 Å². The van der Waals surface area contributed by atoms with Crippen LogP contribution < -0.4 is 15.2 Å². The zero-order valence-corrected chi connectivity index (χ0v) is 12.6. The quantitative estimate of drug-likeness (QED) is 0.483. The summed E-state index contributed by atoms with van der Waals surface area (Å²) >= 11 is 0. The predicted octanol–water partition coefficient (Wildman–Crippen LogP) is -0.456. The summed E-state index contributed by atoms with van der Waals surface area (Å²) in [5.41, 5.74) is 5.70. The van der Waals surface area contributed by atoms with Gasteiger partial charge in [0.05, 0.1) is 11.2 Å². The molecule has 0 unspecified atom stereocenters. The van der Waals surface area contributed by atoms with E-state index in [4.69, 9.17) is 5.73 Å². The van der Waals surface area contributed by atoms with Gasteiger partial charge in [-0.15, -0.1) is 0 Å². The molecule has 0 amide bonds. The number of benzene rings is 1. The first-order valence-corrected chi connectivity index (χ1v) is 8.90. The van der Waals surface area contributed by atoms with Gasteiger partial charge in [-0.25, -0.2) is 30.7 Å². The van der Waals surface area contributed by atoms with E-state index in [0.29, 0.717) is 0 Å². The SMILES string of the molecule is Cc1c(N)cc(S(=O)(=O)NCCNS(C)(=O)=O)cc1F. The van der Waals surface area contributed by atoms with Gasteiger partial charge in [-0.3, -0.25) is 0 Å². The Balaban J connectivity index is 2.80.